The summed E-state index contributed by atoms with van der Waals surface area (Å²) in [6.45, 7) is 1.41. The number of ether oxygens (including phenoxy) is 2. The highest BCUT2D eigenvalue weighted by Gasteiger charge is 2.50. The van der Waals surface area contributed by atoms with Crippen molar-refractivity contribution in [2.24, 2.45) is 0 Å². The molecule has 0 saturated carbocycles. The van der Waals surface area contributed by atoms with E-state index in [9.17, 15) is 9.18 Å². The molecule has 1 aromatic rings. The van der Waals surface area contributed by atoms with Crippen LogP contribution >= 0.6 is 15.9 Å². The van der Waals surface area contributed by atoms with Crippen molar-refractivity contribution in [3.8, 4) is 0 Å². The van der Waals surface area contributed by atoms with Crippen molar-refractivity contribution in [3.05, 3.63) is 35.9 Å². The van der Waals surface area contributed by atoms with E-state index in [1.165, 1.54) is 6.92 Å². The van der Waals surface area contributed by atoms with E-state index in [1.54, 1.807) is 30.3 Å². The smallest absolute Gasteiger partial charge is 0.338 e. The van der Waals surface area contributed by atoms with Crippen LogP contribution in [-0.4, -0.2) is 29.4 Å². The minimum atomic E-state index is -1.72. The lowest BCUT2D eigenvalue weighted by atomic mass is 10.1. The number of hydrogen-bond acceptors (Lipinski definition) is 3. The van der Waals surface area contributed by atoms with Gasteiger partial charge < -0.3 is 9.47 Å². The lowest BCUT2D eigenvalue weighted by Gasteiger charge is -2.23. The number of carbonyl (C=O) groups is 1. The van der Waals surface area contributed by atoms with Crippen molar-refractivity contribution in [2.75, 3.05) is 6.61 Å². The SMILES string of the molecule is C[C@]1(F)[C@@H](Br)OC[C@H]1OC(=O)c1ccccc1. The zero-order valence-electron chi connectivity index (χ0n) is 9.23. The second kappa shape index (κ2) is 4.74. The molecule has 0 radical (unpaired) electrons. The van der Waals surface area contributed by atoms with Gasteiger partial charge in [0.1, 0.15) is 5.01 Å². The monoisotopic (exact) mass is 302 g/mol. The molecule has 0 spiro atoms. The van der Waals surface area contributed by atoms with Crippen LogP contribution in [0.25, 0.3) is 0 Å². The number of esters is 1. The van der Waals surface area contributed by atoms with E-state index in [0.717, 1.165) is 0 Å². The van der Waals surface area contributed by atoms with Gasteiger partial charge in [-0.05, 0) is 19.1 Å². The topological polar surface area (TPSA) is 35.5 Å². The normalized spacial score (nSPS) is 32.4. The van der Waals surface area contributed by atoms with Crippen LogP contribution in [0.5, 0.6) is 0 Å². The Morgan fingerprint density at radius 2 is 2.18 bits per heavy atom. The maximum absolute atomic E-state index is 14.1. The number of benzene rings is 1. The van der Waals surface area contributed by atoms with Crippen molar-refractivity contribution in [2.45, 2.75) is 23.7 Å². The second-order valence-electron chi connectivity index (χ2n) is 4.06. The van der Waals surface area contributed by atoms with Gasteiger partial charge in [0.05, 0.1) is 12.2 Å². The van der Waals surface area contributed by atoms with Crippen LogP contribution in [0.1, 0.15) is 17.3 Å². The standard InChI is InChI=1S/C12H12BrFO3/c1-12(14)9(7-16-11(12)13)17-10(15)8-5-3-2-4-6-8/h2-6,9,11H,7H2,1H3/t9-,11+,12-/m1/s1. The molecule has 1 aromatic carbocycles. The number of hydrogen-bond donors (Lipinski definition) is 0. The van der Waals surface area contributed by atoms with Gasteiger partial charge >= 0.3 is 5.97 Å². The van der Waals surface area contributed by atoms with E-state index in [1.807, 2.05) is 0 Å². The Labute approximate surface area is 107 Å². The fourth-order valence-electron chi connectivity index (χ4n) is 1.56. The summed E-state index contributed by atoms with van der Waals surface area (Å²) in [5.41, 5.74) is -1.31. The molecular formula is C12H12BrFO3. The third-order valence-electron chi connectivity index (χ3n) is 2.73. The fourth-order valence-corrected chi connectivity index (χ4v) is 2.01. The second-order valence-corrected chi connectivity index (χ2v) is 4.89. The number of halogens is 2. The first kappa shape index (κ1) is 12.5. The summed E-state index contributed by atoms with van der Waals surface area (Å²) in [4.78, 5) is 11.7. The Kier molecular flexibility index (Phi) is 3.49. The molecule has 0 N–H and O–H groups in total. The first-order chi connectivity index (χ1) is 8.01. The molecule has 1 fully saturated rings. The molecule has 0 aliphatic carbocycles. The summed E-state index contributed by atoms with van der Waals surface area (Å²) in [5.74, 6) is -0.537. The molecule has 1 aliphatic rings. The van der Waals surface area contributed by atoms with Crippen molar-refractivity contribution >= 4 is 21.9 Å². The fraction of sp³-hybridized carbons (Fsp3) is 0.417. The van der Waals surface area contributed by atoms with Crippen LogP contribution < -0.4 is 0 Å². The Hall–Kier alpha value is -0.940. The van der Waals surface area contributed by atoms with Crippen molar-refractivity contribution in [1.82, 2.24) is 0 Å². The van der Waals surface area contributed by atoms with Gasteiger partial charge in [-0.25, -0.2) is 9.18 Å². The van der Waals surface area contributed by atoms with E-state index in [0.29, 0.717) is 5.56 Å². The molecule has 1 aliphatic heterocycles. The van der Waals surface area contributed by atoms with E-state index in [-0.39, 0.29) is 6.61 Å². The zero-order valence-corrected chi connectivity index (χ0v) is 10.8. The summed E-state index contributed by atoms with van der Waals surface area (Å²) < 4.78 is 24.3. The minimum absolute atomic E-state index is 0.0570. The molecule has 0 bridgehead atoms. The van der Waals surface area contributed by atoms with E-state index >= 15 is 0 Å². The third kappa shape index (κ3) is 2.50. The summed E-state index contributed by atoms with van der Waals surface area (Å²) in [5, 5.41) is -0.747. The predicted octanol–water partition coefficient (Wildman–Crippen LogP) is 2.69. The Balaban J connectivity index is 2.06. The molecular weight excluding hydrogens is 291 g/mol. The van der Waals surface area contributed by atoms with Crippen LogP contribution in [0.3, 0.4) is 0 Å². The minimum Gasteiger partial charge on any atom is -0.453 e. The Bertz CT molecular complexity index is 407. The molecule has 92 valence electrons. The van der Waals surface area contributed by atoms with Gasteiger partial charge in [-0.1, -0.05) is 34.1 Å². The highest BCUT2D eigenvalue weighted by atomic mass is 79.9. The molecule has 1 saturated heterocycles. The van der Waals surface area contributed by atoms with Gasteiger partial charge in [-0.2, -0.15) is 0 Å². The van der Waals surface area contributed by atoms with Gasteiger partial charge in [0.2, 0.25) is 0 Å². The van der Waals surface area contributed by atoms with Crippen molar-refractivity contribution in [3.63, 3.8) is 0 Å². The Morgan fingerprint density at radius 1 is 1.53 bits per heavy atom. The predicted molar refractivity (Wildman–Crippen MR) is 63.8 cm³/mol. The lowest BCUT2D eigenvalue weighted by Crippen LogP contribution is -2.39. The average molecular weight is 303 g/mol. The summed E-state index contributed by atoms with van der Waals surface area (Å²) in [6.07, 6.45) is -0.889. The average Bonchev–Trinajstić information content (AvgIpc) is 2.57. The van der Waals surface area contributed by atoms with Gasteiger partial charge in [-0.15, -0.1) is 0 Å². The van der Waals surface area contributed by atoms with Gasteiger partial charge in [0.25, 0.3) is 0 Å². The van der Waals surface area contributed by atoms with Crippen LogP contribution in [0, 0.1) is 0 Å². The molecule has 2 rings (SSSR count). The summed E-state index contributed by atoms with van der Waals surface area (Å²) >= 11 is 3.06. The number of rotatable bonds is 2. The first-order valence-electron chi connectivity index (χ1n) is 5.22. The van der Waals surface area contributed by atoms with Crippen LogP contribution in [-0.2, 0) is 9.47 Å². The van der Waals surface area contributed by atoms with Gasteiger partial charge in [-0.3, -0.25) is 0 Å². The largest absolute Gasteiger partial charge is 0.453 e. The summed E-state index contributed by atoms with van der Waals surface area (Å²) in [6, 6.07) is 8.50. The highest BCUT2D eigenvalue weighted by molar-refractivity contribution is 9.09. The van der Waals surface area contributed by atoms with Gasteiger partial charge in [0.15, 0.2) is 11.8 Å². The molecule has 0 aromatic heterocycles. The lowest BCUT2D eigenvalue weighted by molar-refractivity contribution is -0.00750. The van der Waals surface area contributed by atoms with E-state index in [4.69, 9.17) is 9.47 Å². The number of carbonyl (C=O) groups excluding carboxylic acids is 1. The molecule has 5 heteroatoms. The van der Waals surface area contributed by atoms with E-state index in [2.05, 4.69) is 15.9 Å². The molecule has 0 unspecified atom stereocenters. The molecule has 1 heterocycles. The van der Waals surface area contributed by atoms with Crippen molar-refractivity contribution in [1.29, 1.82) is 0 Å². The van der Waals surface area contributed by atoms with Crippen molar-refractivity contribution < 1.29 is 18.7 Å². The summed E-state index contributed by atoms with van der Waals surface area (Å²) in [7, 11) is 0. The maximum Gasteiger partial charge on any atom is 0.338 e. The quantitative estimate of drug-likeness (QED) is 0.622. The number of alkyl halides is 2. The van der Waals surface area contributed by atoms with Crippen LogP contribution in [0.4, 0.5) is 4.39 Å². The van der Waals surface area contributed by atoms with Crippen LogP contribution in [0.2, 0.25) is 0 Å². The van der Waals surface area contributed by atoms with E-state index < -0.39 is 22.8 Å². The Morgan fingerprint density at radius 3 is 2.71 bits per heavy atom. The highest BCUT2D eigenvalue weighted by Crippen LogP contribution is 2.35. The van der Waals surface area contributed by atoms with Crippen LogP contribution in [0.15, 0.2) is 30.3 Å². The molecule has 3 atom stereocenters. The molecule has 17 heavy (non-hydrogen) atoms. The molecule has 0 amide bonds. The molecule has 3 nitrogen and oxygen atoms in total. The maximum atomic E-state index is 14.1. The zero-order chi connectivity index (χ0) is 12.5. The van der Waals surface area contributed by atoms with Gasteiger partial charge in [0, 0.05) is 0 Å². The third-order valence-corrected chi connectivity index (χ3v) is 3.89. The first-order valence-corrected chi connectivity index (χ1v) is 6.14.